The van der Waals surface area contributed by atoms with E-state index in [1.165, 1.54) is 0 Å². The van der Waals surface area contributed by atoms with Crippen molar-refractivity contribution in [3.05, 3.63) is 0 Å². The summed E-state index contributed by atoms with van der Waals surface area (Å²) in [7, 11) is 0. The zero-order valence-corrected chi connectivity index (χ0v) is 9.41. The van der Waals surface area contributed by atoms with Crippen molar-refractivity contribution in [2.45, 2.75) is 25.5 Å². The van der Waals surface area contributed by atoms with Crippen LogP contribution in [-0.2, 0) is 0 Å². The monoisotopic (exact) mass is 146 g/mol. The molecule has 0 aliphatic rings. The maximum absolute atomic E-state index is 4.12. The minimum absolute atomic E-state index is 0. The Labute approximate surface area is 93.4 Å². The predicted molar refractivity (Wildman–Crippen MR) is 30.7 cm³/mol. The molecule has 0 amide bonds. The molecule has 0 bridgehead atoms. The van der Waals surface area contributed by atoms with Crippen LogP contribution in [0, 0.1) is 0 Å². The molecule has 0 rings (SSSR count). The van der Waals surface area contributed by atoms with Gasteiger partial charge in [0.2, 0.25) is 0 Å². The summed E-state index contributed by atoms with van der Waals surface area (Å²) < 4.78 is 0.194. The van der Waals surface area contributed by atoms with Crippen LogP contribution in [-0.4, -0.2) is 10.2 Å². The van der Waals surface area contributed by atoms with E-state index in [2.05, 4.69) is 33.4 Å². The molecule has 1 N–H and O–H groups in total. The Morgan fingerprint density at radius 2 is 1.14 bits per heavy atom. The standard InChI is InChI=1S/C4H10S.K.H2O/c1-4(2,3)5;;/h5H,1-3H3;;1H2/q;+1;/p-1. The van der Waals surface area contributed by atoms with Crippen LogP contribution in [0.25, 0.3) is 0 Å². The van der Waals surface area contributed by atoms with E-state index in [4.69, 9.17) is 0 Å². The summed E-state index contributed by atoms with van der Waals surface area (Å²) in [4.78, 5) is 0. The van der Waals surface area contributed by atoms with Crippen molar-refractivity contribution in [2.24, 2.45) is 0 Å². The molecule has 0 aliphatic heterocycles. The van der Waals surface area contributed by atoms with Crippen molar-refractivity contribution in [3.63, 3.8) is 0 Å². The molecule has 0 saturated carbocycles. The topological polar surface area (TPSA) is 30.0 Å². The molecular formula is C4H11KOS. The van der Waals surface area contributed by atoms with E-state index in [1.54, 1.807) is 0 Å². The van der Waals surface area contributed by atoms with Crippen molar-refractivity contribution in [1.82, 2.24) is 0 Å². The van der Waals surface area contributed by atoms with Crippen molar-refractivity contribution in [3.8, 4) is 0 Å². The third kappa shape index (κ3) is 74.2. The van der Waals surface area contributed by atoms with Gasteiger partial charge in [-0.3, -0.25) is 0 Å². The normalized spacial score (nSPS) is 8.57. The van der Waals surface area contributed by atoms with Gasteiger partial charge in [0.05, 0.1) is 0 Å². The minimum Gasteiger partial charge on any atom is -0.870 e. The third-order valence-corrected chi connectivity index (χ3v) is 0. The Bertz CT molecular complexity index is 27.2. The van der Waals surface area contributed by atoms with Gasteiger partial charge < -0.3 is 5.48 Å². The predicted octanol–water partition coefficient (Wildman–Crippen LogP) is -1.46. The van der Waals surface area contributed by atoms with Gasteiger partial charge in [0, 0.05) is 4.75 Å². The molecule has 0 radical (unpaired) electrons. The first kappa shape index (κ1) is 16.0. The molecule has 7 heavy (non-hydrogen) atoms. The maximum atomic E-state index is 4.12. The smallest absolute Gasteiger partial charge is 0.870 e. The summed E-state index contributed by atoms with van der Waals surface area (Å²) >= 11 is 4.12. The van der Waals surface area contributed by atoms with Crippen LogP contribution in [0.5, 0.6) is 0 Å². The molecule has 0 saturated heterocycles. The van der Waals surface area contributed by atoms with E-state index in [9.17, 15) is 0 Å². The van der Waals surface area contributed by atoms with Gasteiger partial charge >= 0.3 is 51.4 Å². The first-order valence-corrected chi connectivity index (χ1v) is 2.17. The zero-order valence-electron chi connectivity index (χ0n) is 5.39. The van der Waals surface area contributed by atoms with Crippen molar-refractivity contribution >= 4 is 12.6 Å². The van der Waals surface area contributed by atoms with Crippen molar-refractivity contribution in [1.29, 1.82) is 0 Å². The fourth-order valence-electron chi connectivity index (χ4n) is 0. The first-order valence-electron chi connectivity index (χ1n) is 1.72. The second kappa shape index (κ2) is 6.07. The number of hydrogen-bond acceptors (Lipinski definition) is 2. The SMILES string of the molecule is CC(C)(C)S.[K+].[OH-]. The molecular weight excluding hydrogens is 135 g/mol. The molecule has 0 aromatic heterocycles. The van der Waals surface area contributed by atoms with Crippen LogP contribution in [0.1, 0.15) is 20.8 Å². The van der Waals surface area contributed by atoms with Gasteiger partial charge in [0.1, 0.15) is 0 Å². The van der Waals surface area contributed by atoms with Crippen LogP contribution in [0.3, 0.4) is 0 Å². The van der Waals surface area contributed by atoms with Gasteiger partial charge in [-0.1, -0.05) is 20.8 Å². The van der Waals surface area contributed by atoms with Gasteiger partial charge in [-0.05, 0) is 0 Å². The van der Waals surface area contributed by atoms with Crippen LogP contribution in [0.2, 0.25) is 0 Å². The van der Waals surface area contributed by atoms with E-state index in [0.29, 0.717) is 0 Å². The van der Waals surface area contributed by atoms with Gasteiger partial charge in [-0.2, -0.15) is 12.6 Å². The number of hydrogen-bond donors (Lipinski definition) is 1. The Morgan fingerprint density at radius 1 is 1.14 bits per heavy atom. The molecule has 40 valence electrons. The van der Waals surface area contributed by atoms with Crippen LogP contribution in [0.15, 0.2) is 0 Å². The fourth-order valence-corrected chi connectivity index (χ4v) is 0. The summed E-state index contributed by atoms with van der Waals surface area (Å²) in [5.74, 6) is 0. The molecule has 3 heteroatoms. The summed E-state index contributed by atoms with van der Waals surface area (Å²) in [6.07, 6.45) is 0. The molecule has 0 unspecified atom stereocenters. The molecule has 0 spiro atoms. The van der Waals surface area contributed by atoms with E-state index in [-0.39, 0.29) is 61.6 Å². The van der Waals surface area contributed by atoms with Gasteiger partial charge in [0.25, 0.3) is 0 Å². The van der Waals surface area contributed by atoms with Gasteiger partial charge in [-0.15, -0.1) is 0 Å². The Kier molecular flexibility index (Phi) is 13.9. The van der Waals surface area contributed by atoms with Crippen LogP contribution < -0.4 is 51.4 Å². The average molecular weight is 146 g/mol. The van der Waals surface area contributed by atoms with Crippen molar-refractivity contribution in [2.75, 3.05) is 0 Å². The number of rotatable bonds is 0. The van der Waals surface area contributed by atoms with Crippen molar-refractivity contribution < 1.29 is 56.9 Å². The summed E-state index contributed by atoms with van der Waals surface area (Å²) in [6, 6.07) is 0. The minimum atomic E-state index is 0. The molecule has 0 aromatic rings. The second-order valence-electron chi connectivity index (χ2n) is 2.17. The Hall–Kier alpha value is 1.95. The first-order chi connectivity index (χ1) is 2.00. The van der Waals surface area contributed by atoms with E-state index >= 15 is 0 Å². The average Bonchev–Trinajstić information content (AvgIpc) is 0.722. The fraction of sp³-hybridized carbons (Fsp3) is 1.00. The quantitative estimate of drug-likeness (QED) is 0.329. The second-order valence-corrected chi connectivity index (χ2v) is 3.51. The molecule has 0 aromatic carbocycles. The van der Waals surface area contributed by atoms with E-state index in [1.807, 2.05) is 0 Å². The van der Waals surface area contributed by atoms with Gasteiger partial charge in [0.15, 0.2) is 0 Å². The van der Waals surface area contributed by atoms with E-state index < -0.39 is 0 Å². The van der Waals surface area contributed by atoms with Crippen LogP contribution >= 0.6 is 12.6 Å². The third-order valence-electron chi connectivity index (χ3n) is 0. The number of thiol groups is 1. The van der Waals surface area contributed by atoms with Gasteiger partial charge in [-0.25, -0.2) is 0 Å². The molecule has 1 nitrogen and oxygen atoms in total. The molecule has 0 atom stereocenters. The summed E-state index contributed by atoms with van der Waals surface area (Å²) in [5.41, 5.74) is 0. The maximum Gasteiger partial charge on any atom is 1.00 e. The Morgan fingerprint density at radius 3 is 1.14 bits per heavy atom. The Balaban J connectivity index is -0.0000000800. The molecule has 0 aliphatic carbocycles. The summed E-state index contributed by atoms with van der Waals surface area (Å²) in [6.45, 7) is 6.16. The van der Waals surface area contributed by atoms with E-state index in [0.717, 1.165) is 0 Å². The summed E-state index contributed by atoms with van der Waals surface area (Å²) in [5, 5.41) is 0. The zero-order chi connectivity index (χ0) is 4.50. The molecule has 0 fully saturated rings. The molecule has 0 heterocycles. The van der Waals surface area contributed by atoms with Crippen LogP contribution in [0.4, 0.5) is 0 Å². The largest absolute Gasteiger partial charge is 1.00 e.